The highest BCUT2D eigenvalue weighted by molar-refractivity contribution is 7.33. The Morgan fingerprint density at radius 3 is 1.73 bits per heavy atom. The number of fused-ring (bicyclic) bond motifs is 7. The van der Waals surface area contributed by atoms with Gasteiger partial charge >= 0.3 is 0 Å². The Morgan fingerprint density at radius 1 is 0.536 bits per heavy atom. The van der Waals surface area contributed by atoms with E-state index >= 15 is 0 Å². The summed E-state index contributed by atoms with van der Waals surface area (Å²) >= 11 is 2.00. The van der Waals surface area contributed by atoms with E-state index in [1.54, 1.807) is 0 Å². The summed E-state index contributed by atoms with van der Waals surface area (Å²) < 4.78 is 2.80. The second kappa shape index (κ2) is 12.1. The molecule has 2 nitrogen and oxygen atoms in total. The van der Waals surface area contributed by atoms with E-state index in [1.807, 2.05) is 11.3 Å². The first-order chi connectivity index (χ1) is 26.1. The molecule has 0 radical (unpaired) electrons. The summed E-state index contributed by atoms with van der Waals surface area (Å²) in [5.41, 5.74) is 18.0. The average molecular weight is 755 g/mol. The summed E-state index contributed by atoms with van der Waals surface area (Å²) in [5, 5.41) is 1.36. The first kappa shape index (κ1) is 37.3. The molecule has 6 aromatic rings. The second-order valence-electron chi connectivity index (χ2n) is 21.4. The van der Waals surface area contributed by atoms with Crippen molar-refractivity contribution in [3.05, 3.63) is 125 Å². The van der Waals surface area contributed by atoms with Crippen molar-refractivity contribution in [3.8, 4) is 0 Å². The molecule has 286 valence electrons. The van der Waals surface area contributed by atoms with Crippen LogP contribution in [0.1, 0.15) is 131 Å². The number of nitrogens with zero attached hydrogens (tertiary/aromatic N) is 2. The summed E-state index contributed by atoms with van der Waals surface area (Å²) in [7, 11) is 0. The van der Waals surface area contributed by atoms with Gasteiger partial charge in [-0.3, -0.25) is 0 Å². The van der Waals surface area contributed by atoms with Gasteiger partial charge in [0, 0.05) is 43.3 Å². The van der Waals surface area contributed by atoms with Gasteiger partial charge in [0.2, 0.25) is 0 Å². The van der Waals surface area contributed by atoms with Gasteiger partial charge in [0.15, 0.2) is 0 Å². The van der Waals surface area contributed by atoms with Crippen LogP contribution >= 0.6 is 11.3 Å². The number of hydrogen-bond acceptors (Lipinski definition) is 3. The molecule has 0 N–H and O–H groups in total. The summed E-state index contributed by atoms with van der Waals surface area (Å²) in [4.78, 5) is 5.21. The lowest BCUT2D eigenvalue weighted by molar-refractivity contribution is 0.332. The summed E-state index contributed by atoms with van der Waals surface area (Å²) in [6.45, 7) is 30.9. The molecule has 1 aromatic heterocycles. The van der Waals surface area contributed by atoms with Crippen molar-refractivity contribution in [1.82, 2.24) is 0 Å². The van der Waals surface area contributed by atoms with Crippen LogP contribution in [0.2, 0.25) is 0 Å². The van der Waals surface area contributed by atoms with E-state index in [2.05, 4.69) is 197 Å². The third kappa shape index (κ3) is 5.71. The van der Waals surface area contributed by atoms with Crippen LogP contribution in [0.4, 0.5) is 34.1 Å². The molecule has 0 atom stereocenters. The molecule has 0 saturated carbocycles. The Morgan fingerprint density at radius 2 is 1.09 bits per heavy atom. The lowest BCUT2D eigenvalue weighted by atomic mass is 9.36. The van der Waals surface area contributed by atoms with E-state index in [9.17, 15) is 0 Å². The Kier molecular flexibility index (Phi) is 8.08. The highest BCUT2D eigenvalue weighted by Gasteiger charge is 2.46. The number of rotatable bonds is 2. The van der Waals surface area contributed by atoms with Crippen LogP contribution in [-0.2, 0) is 27.1 Å². The predicted octanol–water partition coefficient (Wildman–Crippen LogP) is 13.2. The lowest BCUT2D eigenvalue weighted by Gasteiger charge is -2.45. The van der Waals surface area contributed by atoms with Crippen LogP contribution in [0.25, 0.3) is 10.1 Å². The van der Waals surface area contributed by atoms with Gasteiger partial charge in [-0.25, -0.2) is 0 Å². The molecule has 4 heteroatoms. The van der Waals surface area contributed by atoms with Crippen LogP contribution < -0.4 is 25.5 Å². The third-order valence-corrected chi connectivity index (χ3v) is 14.6. The van der Waals surface area contributed by atoms with E-state index in [0.29, 0.717) is 0 Å². The second-order valence-corrected chi connectivity index (χ2v) is 22.5. The van der Waals surface area contributed by atoms with Gasteiger partial charge < -0.3 is 9.80 Å². The van der Waals surface area contributed by atoms with Crippen molar-refractivity contribution < 1.29 is 0 Å². The molecule has 3 aliphatic rings. The van der Waals surface area contributed by atoms with Crippen molar-refractivity contribution in [3.63, 3.8) is 0 Å². The topological polar surface area (TPSA) is 6.48 Å². The van der Waals surface area contributed by atoms with Gasteiger partial charge in [-0.1, -0.05) is 132 Å². The number of anilines is 6. The summed E-state index contributed by atoms with van der Waals surface area (Å²) in [6.07, 6.45) is 2.40. The zero-order chi connectivity index (χ0) is 39.9. The Hall–Kier alpha value is -4.28. The maximum atomic E-state index is 2.66. The van der Waals surface area contributed by atoms with Gasteiger partial charge in [-0.2, -0.15) is 0 Å². The molecular formula is C52H59BN2S. The molecule has 56 heavy (non-hydrogen) atoms. The van der Waals surface area contributed by atoms with E-state index in [1.165, 1.54) is 101 Å². The quantitative estimate of drug-likeness (QED) is 0.162. The molecule has 0 spiro atoms. The van der Waals surface area contributed by atoms with Crippen molar-refractivity contribution >= 4 is 78.0 Å². The smallest absolute Gasteiger partial charge is 0.264 e. The SMILES string of the molecule is CC(C)(C)c1ccc(N2c3ccc(C(C)(C)C)cc3B3c4sc5ccc(C(C)(C)C)cc5c4N(c4ccc5c(c4)C(C)(C)CCC5(C)C)c4cccc2c43)cc1. The highest BCUT2D eigenvalue weighted by atomic mass is 32.1. The number of thiophene rings is 1. The molecule has 9 rings (SSSR count). The molecule has 3 heterocycles. The maximum Gasteiger partial charge on any atom is 0.264 e. The van der Waals surface area contributed by atoms with Gasteiger partial charge in [0.05, 0.1) is 5.69 Å². The van der Waals surface area contributed by atoms with Gasteiger partial charge in [0.25, 0.3) is 6.71 Å². The van der Waals surface area contributed by atoms with E-state index < -0.39 is 0 Å². The van der Waals surface area contributed by atoms with E-state index in [4.69, 9.17) is 0 Å². The molecule has 2 aliphatic heterocycles. The van der Waals surface area contributed by atoms with E-state index in [0.717, 1.165) is 0 Å². The average Bonchev–Trinajstić information content (AvgIpc) is 3.51. The van der Waals surface area contributed by atoms with Gasteiger partial charge in [-0.05, 0) is 133 Å². The minimum absolute atomic E-state index is 0.0169. The maximum absolute atomic E-state index is 2.66. The molecule has 0 unspecified atom stereocenters. The predicted molar refractivity (Wildman–Crippen MR) is 247 cm³/mol. The minimum Gasteiger partial charge on any atom is -0.311 e. The standard InChI is InChI=1S/C52H59BN2S/c1-48(2,3)32-17-21-35(22-18-32)54-41-25-19-34(50(7,8)9)30-40(41)53-45-42(54)15-14-16-43(45)55(36-23-24-38-39(31-36)52(12,13)28-27-51(38,10)11)46-37-29-33(49(4,5)6)20-26-44(37)56-47(46)53/h14-26,29-31H,27-28H2,1-13H3. The molecule has 0 fully saturated rings. The molecule has 1 aliphatic carbocycles. The number of hydrogen-bond donors (Lipinski definition) is 0. The first-order valence-corrected chi connectivity index (χ1v) is 21.7. The first-order valence-electron chi connectivity index (χ1n) is 20.9. The molecule has 0 saturated heterocycles. The lowest BCUT2D eigenvalue weighted by Crippen LogP contribution is -2.60. The summed E-state index contributed by atoms with van der Waals surface area (Å²) in [5.74, 6) is 0. The van der Waals surface area contributed by atoms with Crippen molar-refractivity contribution in [2.45, 2.75) is 130 Å². The van der Waals surface area contributed by atoms with Crippen molar-refractivity contribution in [1.29, 1.82) is 0 Å². The van der Waals surface area contributed by atoms with Gasteiger partial charge in [0.1, 0.15) is 0 Å². The van der Waals surface area contributed by atoms with Gasteiger partial charge in [-0.15, -0.1) is 11.3 Å². The normalized spacial score (nSPS) is 17.1. The molecule has 0 bridgehead atoms. The van der Waals surface area contributed by atoms with Crippen LogP contribution in [0.15, 0.2) is 97.1 Å². The van der Waals surface area contributed by atoms with Crippen molar-refractivity contribution in [2.75, 3.05) is 9.80 Å². The molecular weight excluding hydrogens is 695 g/mol. The minimum atomic E-state index is 0.0169. The van der Waals surface area contributed by atoms with Crippen LogP contribution in [-0.4, -0.2) is 6.71 Å². The molecule has 0 amide bonds. The van der Waals surface area contributed by atoms with E-state index in [-0.39, 0.29) is 33.8 Å². The van der Waals surface area contributed by atoms with Crippen LogP contribution in [0.5, 0.6) is 0 Å². The largest absolute Gasteiger partial charge is 0.311 e. The molecule has 5 aromatic carbocycles. The van der Waals surface area contributed by atoms with Crippen LogP contribution in [0.3, 0.4) is 0 Å². The Balaban J connectivity index is 1.37. The Bertz CT molecular complexity index is 2550. The number of benzene rings is 5. The monoisotopic (exact) mass is 754 g/mol. The highest BCUT2D eigenvalue weighted by Crippen LogP contribution is 2.52. The fraction of sp³-hybridized carbons (Fsp3) is 0.385. The zero-order valence-electron chi connectivity index (χ0n) is 36.0. The Labute approximate surface area is 341 Å². The zero-order valence-corrected chi connectivity index (χ0v) is 36.8. The fourth-order valence-electron chi connectivity index (χ4n) is 9.73. The summed E-state index contributed by atoms with van der Waals surface area (Å²) in [6, 6.07) is 38.5. The third-order valence-electron chi connectivity index (χ3n) is 13.4. The van der Waals surface area contributed by atoms with Crippen LogP contribution in [0, 0.1) is 0 Å². The van der Waals surface area contributed by atoms with Crippen molar-refractivity contribution in [2.24, 2.45) is 0 Å². The fourth-order valence-corrected chi connectivity index (χ4v) is 11.0.